The highest BCUT2D eigenvalue weighted by molar-refractivity contribution is 5.86. The van der Waals surface area contributed by atoms with Crippen molar-refractivity contribution in [1.29, 1.82) is 0 Å². The molecule has 1 N–H and O–H groups in total. The third-order valence-corrected chi connectivity index (χ3v) is 4.44. The van der Waals surface area contributed by atoms with Crippen molar-refractivity contribution in [1.82, 2.24) is 9.78 Å². The van der Waals surface area contributed by atoms with E-state index in [4.69, 9.17) is 9.47 Å². The maximum Gasteiger partial charge on any atom is 0.347 e. The zero-order chi connectivity index (χ0) is 20.1. The highest BCUT2D eigenvalue weighted by atomic mass is 16.5. The molecule has 28 heavy (non-hydrogen) atoms. The van der Waals surface area contributed by atoms with E-state index in [1.807, 2.05) is 30.3 Å². The highest BCUT2D eigenvalue weighted by Crippen LogP contribution is 2.34. The second-order valence-corrected chi connectivity index (χ2v) is 6.11. The summed E-state index contributed by atoms with van der Waals surface area (Å²) < 4.78 is 11.3. The maximum atomic E-state index is 12.9. The molecule has 0 fully saturated rings. The molecule has 1 aromatic heterocycles. The van der Waals surface area contributed by atoms with Crippen LogP contribution in [0.3, 0.4) is 0 Å². The Labute approximate surface area is 161 Å². The van der Waals surface area contributed by atoms with Crippen molar-refractivity contribution in [2.75, 3.05) is 14.2 Å². The molecule has 0 radical (unpaired) electrons. The van der Waals surface area contributed by atoms with Crippen LogP contribution in [0, 0.1) is 0 Å². The van der Waals surface area contributed by atoms with Crippen LogP contribution in [0.4, 0.5) is 0 Å². The maximum absolute atomic E-state index is 12.9. The van der Waals surface area contributed by atoms with Crippen molar-refractivity contribution >= 4 is 5.97 Å². The van der Waals surface area contributed by atoms with Gasteiger partial charge in [0.1, 0.15) is 0 Å². The summed E-state index contributed by atoms with van der Waals surface area (Å²) >= 11 is 0. The van der Waals surface area contributed by atoms with E-state index >= 15 is 0 Å². The van der Waals surface area contributed by atoms with Gasteiger partial charge in [0.05, 0.1) is 32.5 Å². The topological polar surface area (TPSA) is 90.6 Å². The first-order chi connectivity index (χ1) is 13.5. The van der Waals surface area contributed by atoms with Crippen LogP contribution in [0.1, 0.15) is 16.7 Å². The van der Waals surface area contributed by atoms with Gasteiger partial charge in [0.2, 0.25) is 5.60 Å². The first kappa shape index (κ1) is 19.3. The van der Waals surface area contributed by atoms with Crippen LogP contribution in [0.2, 0.25) is 0 Å². The molecule has 0 bridgehead atoms. The third-order valence-electron chi connectivity index (χ3n) is 4.44. The Morgan fingerprint density at radius 1 is 1.07 bits per heavy atom. The molecule has 0 aliphatic heterocycles. The third kappa shape index (κ3) is 3.39. The Hall–Kier alpha value is -3.45. The van der Waals surface area contributed by atoms with Crippen molar-refractivity contribution in [2.24, 2.45) is 0 Å². The lowest BCUT2D eigenvalue weighted by Gasteiger charge is -2.27. The van der Waals surface area contributed by atoms with Crippen LogP contribution in [0.15, 0.2) is 71.7 Å². The summed E-state index contributed by atoms with van der Waals surface area (Å²) in [6.07, 6.45) is 1.26. The molecular formula is C21H20N2O5. The van der Waals surface area contributed by atoms with Crippen molar-refractivity contribution < 1.29 is 19.4 Å². The quantitative estimate of drug-likeness (QED) is 0.655. The minimum atomic E-state index is -2.24. The Bertz CT molecular complexity index is 1020. The number of hydrogen-bond donors (Lipinski definition) is 1. The Balaban J connectivity index is 2.16. The Kier molecular flexibility index (Phi) is 5.56. The fraction of sp³-hybridized carbons (Fsp3) is 0.190. The summed E-state index contributed by atoms with van der Waals surface area (Å²) in [6.45, 7) is 0.221. The van der Waals surface area contributed by atoms with Gasteiger partial charge in [0.25, 0.3) is 0 Å². The van der Waals surface area contributed by atoms with E-state index in [0.29, 0.717) is 0 Å². The van der Waals surface area contributed by atoms with E-state index < -0.39 is 17.1 Å². The van der Waals surface area contributed by atoms with Crippen molar-refractivity contribution in [2.45, 2.75) is 12.1 Å². The Morgan fingerprint density at radius 3 is 2.25 bits per heavy atom. The summed E-state index contributed by atoms with van der Waals surface area (Å²) in [5, 5.41) is 15.4. The van der Waals surface area contributed by atoms with Crippen LogP contribution < -0.4 is 10.3 Å². The highest BCUT2D eigenvalue weighted by Gasteiger charge is 2.45. The summed E-state index contributed by atoms with van der Waals surface area (Å²) in [6, 6.07) is 17.5. The van der Waals surface area contributed by atoms with Crippen molar-refractivity contribution in [3.63, 3.8) is 0 Å². The lowest BCUT2D eigenvalue weighted by molar-refractivity contribution is -0.159. The van der Waals surface area contributed by atoms with E-state index in [1.54, 1.807) is 30.3 Å². The fourth-order valence-corrected chi connectivity index (χ4v) is 3.01. The number of ether oxygens (including phenoxy) is 2. The molecule has 0 aliphatic rings. The fourth-order valence-electron chi connectivity index (χ4n) is 3.01. The SMILES string of the molecule is COC(=O)C(O)(c1ccccc1)c1cnn(Cc2ccccc2)c(=O)c1OC. The van der Waals surface area contributed by atoms with Crippen LogP contribution in [0.25, 0.3) is 0 Å². The number of aliphatic hydroxyl groups is 1. The lowest BCUT2D eigenvalue weighted by Crippen LogP contribution is -2.40. The molecule has 3 aromatic rings. The van der Waals surface area contributed by atoms with Gasteiger partial charge in [-0.25, -0.2) is 9.48 Å². The van der Waals surface area contributed by atoms with Crippen LogP contribution in [-0.2, 0) is 21.7 Å². The average Bonchev–Trinajstić information content (AvgIpc) is 2.75. The van der Waals surface area contributed by atoms with Crippen LogP contribution >= 0.6 is 0 Å². The first-order valence-corrected chi connectivity index (χ1v) is 8.57. The molecule has 0 saturated carbocycles. The predicted octanol–water partition coefficient (Wildman–Crippen LogP) is 1.71. The number of benzene rings is 2. The van der Waals surface area contributed by atoms with Gasteiger partial charge in [0, 0.05) is 0 Å². The molecule has 7 nitrogen and oxygen atoms in total. The number of methoxy groups -OCH3 is 2. The van der Waals surface area contributed by atoms with Crippen molar-refractivity contribution in [3.05, 3.63) is 93.9 Å². The molecule has 7 heteroatoms. The molecule has 144 valence electrons. The van der Waals surface area contributed by atoms with E-state index in [1.165, 1.54) is 18.0 Å². The second kappa shape index (κ2) is 8.06. The molecule has 1 heterocycles. The van der Waals surface area contributed by atoms with E-state index in [2.05, 4.69) is 5.10 Å². The second-order valence-electron chi connectivity index (χ2n) is 6.11. The molecule has 0 saturated heterocycles. The van der Waals surface area contributed by atoms with Gasteiger partial charge in [-0.3, -0.25) is 4.79 Å². The number of hydrogen-bond acceptors (Lipinski definition) is 6. The zero-order valence-corrected chi connectivity index (χ0v) is 15.5. The van der Waals surface area contributed by atoms with Gasteiger partial charge in [-0.2, -0.15) is 5.10 Å². The number of nitrogens with zero attached hydrogens (tertiary/aromatic N) is 2. The molecule has 0 aliphatic carbocycles. The van der Waals surface area contributed by atoms with Gasteiger partial charge in [-0.15, -0.1) is 0 Å². The summed E-state index contributed by atoms with van der Waals surface area (Å²) in [7, 11) is 2.46. The number of rotatable bonds is 6. The van der Waals surface area contributed by atoms with Crippen molar-refractivity contribution in [3.8, 4) is 5.75 Å². The monoisotopic (exact) mass is 380 g/mol. The molecule has 1 unspecified atom stereocenters. The van der Waals surface area contributed by atoms with Gasteiger partial charge < -0.3 is 14.6 Å². The van der Waals surface area contributed by atoms with Gasteiger partial charge in [0.15, 0.2) is 5.75 Å². The van der Waals surface area contributed by atoms with Gasteiger partial charge >= 0.3 is 11.5 Å². The number of aromatic nitrogens is 2. The van der Waals surface area contributed by atoms with E-state index in [9.17, 15) is 14.7 Å². The smallest absolute Gasteiger partial charge is 0.347 e. The average molecular weight is 380 g/mol. The summed E-state index contributed by atoms with van der Waals surface area (Å²) in [5.41, 5.74) is -1.77. The molecule has 1 atom stereocenters. The summed E-state index contributed by atoms with van der Waals surface area (Å²) in [4.78, 5) is 25.5. The molecule has 0 spiro atoms. The molecular weight excluding hydrogens is 360 g/mol. The Morgan fingerprint density at radius 2 is 1.68 bits per heavy atom. The zero-order valence-electron chi connectivity index (χ0n) is 15.5. The predicted molar refractivity (Wildman–Crippen MR) is 102 cm³/mol. The molecule has 2 aromatic carbocycles. The van der Waals surface area contributed by atoms with E-state index in [0.717, 1.165) is 12.7 Å². The largest absolute Gasteiger partial charge is 0.491 e. The van der Waals surface area contributed by atoms with Crippen LogP contribution in [-0.4, -0.2) is 35.1 Å². The van der Waals surface area contributed by atoms with Crippen LogP contribution in [0.5, 0.6) is 5.75 Å². The first-order valence-electron chi connectivity index (χ1n) is 8.57. The van der Waals surface area contributed by atoms with Gasteiger partial charge in [-0.1, -0.05) is 60.7 Å². The number of carbonyl (C=O) groups is 1. The molecule has 3 rings (SSSR count). The van der Waals surface area contributed by atoms with Gasteiger partial charge in [-0.05, 0) is 11.1 Å². The normalized spacial score (nSPS) is 12.8. The van der Waals surface area contributed by atoms with E-state index in [-0.39, 0.29) is 23.4 Å². The molecule has 0 amide bonds. The minimum absolute atomic E-state index is 0.0811. The number of esters is 1. The minimum Gasteiger partial charge on any atom is -0.491 e. The standard InChI is InChI=1S/C21H20N2O5/c1-27-18-17(21(26,20(25)28-2)16-11-7-4-8-12-16)13-22-23(19(18)24)14-15-9-5-3-6-10-15/h3-13,26H,14H2,1-2H3. The number of carbonyl (C=O) groups excluding carboxylic acids is 1. The lowest BCUT2D eigenvalue weighted by atomic mass is 9.87. The summed E-state index contributed by atoms with van der Waals surface area (Å²) in [5.74, 6) is -1.12.